The van der Waals surface area contributed by atoms with Crippen LogP contribution in [0, 0.1) is 0 Å². The first-order valence-electron chi connectivity index (χ1n) is 10.3. The summed E-state index contributed by atoms with van der Waals surface area (Å²) in [6.07, 6.45) is 0. The number of ether oxygens (including phenoxy) is 2. The molecule has 0 unspecified atom stereocenters. The van der Waals surface area contributed by atoms with Crippen molar-refractivity contribution in [3.63, 3.8) is 0 Å². The van der Waals surface area contributed by atoms with Gasteiger partial charge in [0.2, 0.25) is 0 Å². The minimum absolute atomic E-state index is 0. The van der Waals surface area contributed by atoms with Crippen LogP contribution in [0.15, 0.2) is 48.5 Å². The molecule has 0 aliphatic heterocycles. The third kappa shape index (κ3) is 11.8. The van der Waals surface area contributed by atoms with Crippen molar-refractivity contribution in [3.05, 3.63) is 48.5 Å². The third-order valence-corrected chi connectivity index (χ3v) is 4.39. The van der Waals surface area contributed by atoms with E-state index in [9.17, 15) is 0 Å². The van der Waals surface area contributed by atoms with Crippen LogP contribution >= 0.6 is 12.2 Å². The van der Waals surface area contributed by atoms with Crippen molar-refractivity contribution in [1.29, 1.82) is 0 Å². The van der Waals surface area contributed by atoms with E-state index in [1.807, 2.05) is 62.4 Å². The number of rotatable bonds is 9. The summed E-state index contributed by atoms with van der Waals surface area (Å²) >= 11 is 5.30. The summed E-state index contributed by atoms with van der Waals surface area (Å²) < 4.78 is 10.8. The van der Waals surface area contributed by atoms with E-state index >= 15 is 0 Å². The second kappa shape index (κ2) is 17.4. The summed E-state index contributed by atoms with van der Waals surface area (Å²) in [6, 6.07) is 15.3. The Morgan fingerprint density at radius 2 is 1.03 bits per heavy atom. The molecule has 0 aliphatic rings. The van der Waals surface area contributed by atoms with E-state index in [-0.39, 0.29) is 29.6 Å². The molecule has 0 heterocycles. The van der Waals surface area contributed by atoms with Gasteiger partial charge in [0.05, 0.1) is 13.2 Å². The van der Waals surface area contributed by atoms with Gasteiger partial charge >= 0.3 is 29.6 Å². The Balaban J connectivity index is 0.000000909. The molecule has 0 radical (unpaired) electrons. The Kier molecular flexibility index (Phi) is 16.6. The van der Waals surface area contributed by atoms with Crippen LogP contribution in [0.2, 0.25) is 0 Å². The van der Waals surface area contributed by atoms with Crippen LogP contribution < -0.4 is 20.1 Å². The Hall–Kier alpha value is -1.31. The zero-order valence-electron chi connectivity index (χ0n) is 18.3. The molecule has 0 atom stereocenters. The summed E-state index contributed by atoms with van der Waals surface area (Å²) in [5.41, 5.74) is 1.82. The molecule has 2 rings (SSSR count). The fourth-order valence-electron chi connectivity index (χ4n) is 2.57. The van der Waals surface area contributed by atoms with E-state index in [2.05, 4.69) is 36.3 Å². The van der Waals surface area contributed by atoms with Gasteiger partial charge in [0.1, 0.15) is 11.5 Å². The number of anilines is 2. The second-order valence-corrected chi connectivity index (χ2v) is 6.52. The first-order valence-corrected chi connectivity index (χ1v) is 10.7. The number of nitrogens with one attached hydrogen (secondary N) is 2. The van der Waals surface area contributed by atoms with E-state index in [1.165, 1.54) is 19.6 Å². The molecule has 0 saturated carbocycles. The van der Waals surface area contributed by atoms with Crippen LogP contribution in [0.5, 0.6) is 11.5 Å². The predicted molar refractivity (Wildman–Crippen MR) is 136 cm³/mol. The van der Waals surface area contributed by atoms with E-state index < -0.39 is 0 Å². The summed E-state index contributed by atoms with van der Waals surface area (Å²) in [7, 11) is 0. The van der Waals surface area contributed by atoms with E-state index in [1.54, 1.807) is 0 Å². The van der Waals surface area contributed by atoms with Gasteiger partial charge in [-0.05, 0) is 94.2 Å². The van der Waals surface area contributed by atoms with Crippen molar-refractivity contribution >= 4 is 58.3 Å². The number of nitrogens with zero attached hydrogens (tertiary/aromatic N) is 1. The average Bonchev–Trinajstić information content (AvgIpc) is 2.73. The zero-order chi connectivity index (χ0) is 21.5. The van der Waals surface area contributed by atoms with E-state index in [0.717, 1.165) is 22.9 Å². The molecule has 0 aromatic heterocycles. The molecule has 2 aromatic carbocycles. The van der Waals surface area contributed by atoms with Crippen LogP contribution in [0.25, 0.3) is 0 Å². The van der Waals surface area contributed by atoms with Crippen molar-refractivity contribution in [1.82, 2.24) is 4.90 Å². The van der Waals surface area contributed by atoms with Crippen LogP contribution in [-0.2, 0) is 0 Å². The van der Waals surface area contributed by atoms with Gasteiger partial charge in [-0.2, -0.15) is 0 Å². The first-order chi connectivity index (χ1) is 14.1. The predicted octanol–water partition coefficient (Wildman–Crippen LogP) is 4.99. The molecule has 0 bridgehead atoms. The van der Waals surface area contributed by atoms with Gasteiger partial charge < -0.3 is 25.0 Å². The number of hydrogen-bond donors (Lipinski definition) is 2. The van der Waals surface area contributed by atoms with Crippen molar-refractivity contribution < 1.29 is 9.47 Å². The standard InChI is InChI=1S/C17H20N2O2S.C6H15N.Na.H/c1-3-20-15-9-5-13(6-10-15)18-17(22)19-14-7-11-16(12-8-14)21-4-2;1-4-7(5-2)6-3;;/h5-12H,3-4H2,1-2H3,(H2,18,19,22);4-6H2,1-3H3;;. The summed E-state index contributed by atoms with van der Waals surface area (Å²) in [5.74, 6) is 1.69. The van der Waals surface area contributed by atoms with Gasteiger partial charge in [-0.15, -0.1) is 0 Å². The van der Waals surface area contributed by atoms with E-state index in [4.69, 9.17) is 21.7 Å². The van der Waals surface area contributed by atoms with Crippen molar-refractivity contribution in [3.8, 4) is 11.5 Å². The molecule has 0 fully saturated rings. The van der Waals surface area contributed by atoms with Gasteiger partial charge in [0, 0.05) is 11.4 Å². The molecular weight excluding hydrogens is 405 g/mol. The number of hydrogen-bond acceptors (Lipinski definition) is 4. The number of benzene rings is 2. The summed E-state index contributed by atoms with van der Waals surface area (Å²) in [6.45, 7) is 15.4. The first kappa shape index (κ1) is 28.7. The molecule has 0 saturated heterocycles. The average molecular weight is 442 g/mol. The summed E-state index contributed by atoms with van der Waals surface area (Å²) in [5, 5.41) is 6.80. The molecule has 7 heteroatoms. The maximum atomic E-state index is 5.40. The Labute approximate surface area is 209 Å². The molecule has 0 aliphatic carbocycles. The van der Waals surface area contributed by atoms with Gasteiger partial charge in [-0.25, -0.2) is 0 Å². The van der Waals surface area contributed by atoms with Crippen LogP contribution in [0.1, 0.15) is 34.6 Å². The monoisotopic (exact) mass is 441 g/mol. The van der Waals surface area contributed by atoms with Crippen LogP contribution in [-0.4, -0.2) is 72.4 Å². The van der Waals surface area contributed by atoms with Gasteiger partial charge in [-0.3, -0.25) is 0 Å². The molecule has 2 N–H and O–H groups in total. The maximum absolute atomic E-state index is 5.40. The van der Waals surface area contributed by atoms with Crippen LogP contribution in [0.4, 0.5) is 11.4 Å². The number of thiocarbonyl (C=S) groups is 1. The quantitative estimate of drug-likeness (QED) is 0.422. The van der Waals surface area contributed by atoms with Gasteiger partial charge in [0.25, 0.3) is 0 Å². The third-order valence-electron chi connectivity index (χ3n) is 4.19. The molecule has 0 spiro atoms. The van der Waals surface area contributed by atoms with Crippen molar-refractivity contribution in [2.24, 2.45) is 0 Å². The zero-order valence-corrected chi connectivity index (χ0v) is 19.1. The molecule has 162 valence electrons. The molecule has 2 aromatic rings. The fraction of sp³-hybridized carbons (Fsp3) is 0.435. The molecule has 30 heavy (non-hydrogen) atoms. The Morgan fingerprint density at radius 1 is 0.700 bits per heavy atom. The van der Waals surface area contributed by atoms with E-state index in [0.29, 0.717) is 18.3 Å². The Bertz CT molecular complexity index is 634. The topological polar surface area (TPSA) is 45.8 Å². The molecular formula is C23H36N3NaO2S. The normalized spacial score (nSPS) is 9.67. The summed E-state index contributed by atoms with van der Waals surface area (Å²) in [4.78, 5) is 2.38. The van der Waals surface area contributed by atoms with Crippen molar-refractivity contribution in [2.75, 3.05) is 43.5 Å². The fourth-order valence-corrected chi connectivity index (χ4v) is 2.80. The Morgan fingerprint density at radius 3 is 1.27 bits per heavy atom. The molecule has 0 amide bonds. The van der Waals surface area contributed by atoms with Gasteiger partial charge in [0.15, 0.2) is 5.11 Å². The second-order valence-electron chi connectivity index (χ2n) is 6.11. The van der Waals surface area contributed by atoms with Gasteiger partial charge in [-0.1, -0.05) is 20.8 Å². The SMILES string of the molecule is CCN(CC)CC.CCOc1ccc(NC(=S)Nc2ccc(OCC)cc2)cc1.[NaH]. The van der Waals surface area contributed by atoms with Crippen LogP contribution in [0.3, 0.4) is 0 Å². The minimum atomic E-state index is 0. The van der Waals surface area contributed by atoms with Crippen molar-refractivity contribution in [2.45, 2.75) is 34.6 Å². The molecule has 5 nitrogen and oxygen atoms in total.